The van der Waals surface area contributed by atoms with Gasteiger partial charge in [-0.1, -0.05) is 78.9 Å². The summed E-state index contributed by atoms with van der Waals surface area (Å²) in [5.41, 5.74) is 7.55. The molecule has 0 spiro atoms. The molecule has 1 N–H and O–H groups in total. The number of hydrogen-bond donors (Lipinski definition) is 1. The molecule has 41 heavy (non-hydrogen) atoms. The van der Waals surface area contributed by atoms with Gasteiger partial charge in [0.05, 0.1) is 11.1 Å². The summed E-state index contributed by atoms with van der Waals surface area (Å²) < 4.78 is 0. The molecule has 3 aliphatic rings. The number of carbonyl (C=O) groups is 2. The smallest absolute Gasteiger partial charge is 0.258 e. The minimum Gasteiger partial charge on any atom is -0.311 e. The molecule has 6 heteroatoms. The predicted molar refractivity (Wildman–Crippen MR) is 165 cm³/mol. The molecule has 0 saturated carbocycles. The Morgan fingerprint density at radius 3 is 2.17 bits per heavy atom. The van der Waals surface area contributed by atoms with E-state index in [1.807, 2.05) is 60.0 Å². The number of carbonyl (C=O) groups excluding carboxylic acids is 2. The van der Waals surface area contributed by atoms with Crippen LogP contribution in [0.3, 0.4) is 0 Å². The van der Waals surface area contributed by atoms with Crippen LogP contribution in [0.15, 0.2) is 109 Å². The molecule has 1 aromatic heterocycles. The van der Waals surface area contributed by atoms with Crippen molar-refractivity contribution in [2.24, 2.45) is 5.41 Å². The molecule has 0 saturated heterocycles. The first-order valence-electron chi connectivity index (χ1n) is 13.8. The normalized spacial score (nSPS) is 20.1. The molecule has 0 radical (unpaired) electrons. The van der Waals surface area contributed by atoms with Gasteiger partial charge in [0.1, 0.15) is 0 Å². The molecule has 5 nitrogen and oxygen atoms in total. The van der Waals surface area contributed by atoms with Gasteiger partial charge >= 0.3 is 0 Å². The van der Waals surface area contributed by atoms with Gasteiger partial charge in [0.15, 0.2) is 5.13 Å². The summed E-state index contributed by atoms with van der Waals surface area (Å²) in [7, 11) is 1.77. The highest BCUT2D eigenvalue weighted by molar-refractivity contribution is 7.14. The van der Waals surface area contributed by atoms with E-state index in [-0.39, 0.29) is 23.7 Å². The number of para-hydroxylation sites is 1. The van der Waals surface area contributed by atoms with E-state index in [9.17, 15) is 9.59 Å². The maximum atomic E-state index is 14.0. The topological polar surface area (TPSA) is 62.3 Å². The van der Waals surface area contributed by atoms with Gasteiger partial charge < -0.3 is 10.2 Å². The second-order valence-electron chi connectivity index (χ2n) is 11.1. The average molecular weight is 556 g/mol. The van der Waals surface area contributed by atoms with Crippen LogP contribution in [0.25, 0.3) is 11.3 Å². The first kappa shape index (κ1) is 25.4. The Bertz CT molecular complexity index is 1750. The fourth-order valence-corrected chi connectivity index (χ4v) is 7.38. The van der Waals surface area contributed by atoms with E-state index in [4.69, 9.17) is 4.98 Å². The number of thiazole rings is 1. The number of aromatic nitrogens is 1. The van der Waals surface area contributed by atoms with Gasteiger partial charge in [0.2, 0.25) is 5.91 Å². The van der Waals surface area contributed by atoms with Crippen LogP contribution in [0.4, 0.5) is 10.8 Å². The predicted octanol–water partition coefficient (Wildman–Crippen LogP) is 7.71. The third-order valence-corrected chi connectivity index (χ3v) is 9.48. The van der Waals surface area contributed by atoms with Gasteiger partial charge in [0, 0.05) is 41.1 Å². The summed E-state index contributed by atoms with van der Waals surface area (Å²) in [4.78, 5) is 33.6. The summed E-state index contributed by atoms with van der Waals surface area (Å²) in [5, 5.41) is 5.65. The molecule has 3 aliphatic carbocycles. The number of amides is 2. The van der Waals surface area contributed by atoms with E-state index >= 15 is 0 Å². The summed E-state index contributed by atoms with van der Waals surface area (Å²) in [6, 6.07) is 34.2. The van der Waals surface area contributed by atoms with E-state index in [1.165, 1.54) is 33.6 Å². The van der Waals surface area contributed by atoms with E-state index < -0.39 is 5.41 Å². The van der Waals surface area contributed by atoms with Crippen molar-refractivity contribution in [3.63, 3.8) is 0 Å². The fraction of sp³-hybridized carbons (Fsp3) is 0.171. The molecular formula is C35H29N3O2S. The quantitative estimate of drug-likeness (QED) is 0.242. The lowest BCUT2D eigenvalue weighted by Gasteiger charge is -2.50. The Hall–Kier alpha value is -4.55. The standard InChI is InChI=1S/C35H29N3O2S/c1-35(20-29-25-15-6-8-17-27(25)31(35)28-18-9-7-16-26(28)29)33(40)37-34-36-30(21-41-34)22-11-10-12-23(19-22)32(39)38(2)24-13-4-3-5-14-24/h3-19,21,29,31H,20H2,1-2H3,(H,36,37,40). The number of rotatable bonds is 5. The molecule has 8 rings (SSSR count). The summed E-state index contributed by atoms with van der Waals surface area (Å²) in [6.45, 7) is 2.10. The molecule has 1 atom stereocenters. The van der Waals surface area contributed by atoms with Gasteiger partial charge in [-0.25, -0.2) is 4.98 Å². The molecular weight excluding hydrogens is 526 g/mol. The van der Waals surface area contributed by atoms with Crippen molar-refractivity contribution in [3.05, 3.63) is 136 Å². The molecule has 2 amide bonds. The maximum absolute atomic E-state index is 14.0. The first-order valence-corrected chi connectivity index (χ1v) is 14.7. The Morgan fingerprint density at radius 2 is 1.49 bits per heavy atom. The molecule has 1 heterocycles. The van der Waals surface area contributed by atoms with Crippen LogP contribution >= 0.6 is 11.3 Å². The number of fused-ring (bicyclic) bond motifs is 1. The van der Waals surface area contributed by atoms with Crippen molar-refractivity contribution in [1.82, 2.24) is 4.98 Å². The lowest BCUT2D eigenvalue weighted by Crippen LogP contribution is -2.47. The Kier molecular flexibility index (Phi) is 6.09. The van der Waals surface area contributed by atoms with Gasteiger partial charge in [-0.15, -0.1) is 11.3 Å². The lowest BCUT2D eigenvalue weighted by molar-refractivity contribution is -0.126. The van der Waals surface area contributed by atoms with Crippen molar-refractivity contribution in [2.75, 3.05) is 17.3 Å². The third kappa shape index (κ3) is 4.18. The van der Waals surface area contributed by atoms with Crippen LogP contribution < -0.4 is 10.2 Å². The highest BCUT2D eigenvalue weighted by atomic mass is 32.1. The van der Waals surface area contributed by atoms with Crippen molar-refractivity contribution >= 4 is 34.0 Å². The van der Waals surface area contributed by atoms with Crippen molar-refractivity contribution in [2.45, 2.75) is 25.2 Å². The first-order chi connectivity index (χ1) is 19.9. The zero-order chi connectivity index (χ0) is 28.1. The van der Waals surface area contributed by atoms with Crippen LogP contribution in [0, 0.1) is 5.41 Å². The van der Waals surface area contributed by atoms with Crippen LogP contribution in [0.2, 0.25) is 0 Å². The van der Waals surface area contributed by atoms with Crippen LogP contribution in [0.5, 0.6) is 0 Å². The highest BCUT2D eigenvalue weighted by Crippen LogP contribution is 2.61. The molecule has 2 bridgehead atoms. The van der Waals surface area contributed by atoms with Gasteiger partial charge in [-0.3, -0.25) is 9.59 Å². The third-order valence-electron chi connectivity index (χ3n) is 8.73. The van der Waals surface area contributed by atoms with E-state index in [0.717, 1.165) is 23.4 Å². The van der Waals surface area contributed by atoms with Gasteiger partial charge in [-0.05, 0) is 59.9 Å². The molecule has 202 valence electrons. The molecule has 0 fully saturated rings. The lowest BCUT2D eigenvalue weighted by atomic mass is 9.52. The average Bonchev–Trinajstić information content (AvgIpc) is 3.49. The molecule has 0 aliphatic heterocycles. The number of anilines is 2. The Labute approximate surface area is 243 Å². The van der Waals surface area contributed by atoms with Gasteiger partial charge in [-0.2, -0.15) is 0 Å². The van der Waals surface area contributed by atoms with E-state index in [0.29, 0.717) is 10.7 Å². The summed E-state index contributed by atoms with van der Waals surface area (Å²) in [5.74, 6) is 0.0846. The van der Waals surface area contributed by atoms with Crippen molar-refractivity contribution in [1.29, 1.82) is 0 Å². The minimum atomic E-state index is -0.604. The van der Waals surface area contributed by atoms with Crippen LogP contribution in [-0.2, 0) is 4.79 Å². The number of hydrogen-bond acceptors (Lipinski definition) is 4. The zero-order valence-electron chi connectivity index (χ0n) is 22.9. The van der Waals surface area contributed by atoms with Gasteiger partial charge in [0.25, 0.3) is 5.91 Å². The Morgan fingerprint density at radius 1 is 0.854 bits per heavy atom. The fourth-order valence-electron chi connectivity index (χ4n) is 6.67. The summed E-state index contributed by atoms with van der Waals surface area (Å²) >= 11 is 1.41. The summed E-state index contributed by atoms with van der Waals surface area (Å²) in [6.07, 6.45) is 0.759. The van der Waals surface area contributed by atoms with Crippen molar-refractivity contribution in [3.8, 4) is 11.3 Å². The van der Waals surface area contributed by atoms with E-state index in [1.54, 1.807) is 11.9 Å². The zero-order valence-corrected chi connectivity index (χ0v) is 23.7. The number of nitrogens with one attached hydrogen (secondary N) is 1. The highest BCUT2D eigenvalue weighted by Gasteiger charge is 2.54. The largest absolute Gasteiger partial charge is 0.311 e. The SMILES string of the molecule is CN(C(=O)c1cccc(-c2csc(NC(=O)C3(C)CC4c5ccccc5C3c3ccccc34)n2)c1)c1ccccc1. The molecule has 4 aromatic carbocycles. The van der Waals surface area contributed by atoms with Crippen LogP contribution in [-0.4, -0.2) is 23.8 Å². The number of nitrogens with zero attached hydrogens (tertiary/aromatic N) is 2. The minimum absolute atomic E-state index is 0.00850. The second kappa shape index (κ2) is 9.82. The maximum Gasteiger partial charge on any atom is 0.258 e. The molecule has 1 unspecified atom stereocenters. The Balaban J connectivity index is 1.14. The molecule has 5 aromatic rings. The van der Waals surface area contributed by atoms with E-state index in [2.05, 4.69) is 60.8 Å². The monoisotopic (exact) mass is 555 g/mol. The number of benzene rings is 4. The van der Waals surface area contributed by atoms with Crippen molar-refractivity contribution < 1.29 is 9.59 Å². The van der Waals surface area contributed by atoms with Crippen LogP contribution in [0.1, 0.15) is 57.8 Å². The second-order valence-corrected chi connectivity index (χ2v) is 12.0.